The van der Waals surface area contributed by atoms with Gasteiger partial charge < -0.3 is 15.0 Å². The SMILES string of the molecule is O=C(c1ccccc1OCc1ccc(Cl)cc1)N1CC[C@@H]2CNC[C@@H]2CC1. The summed E-state index contributed by atoms with van der Waals surface area (Å²) < 4.78 is 5.98. The van der Waals surface area contributed by atoms with Crippen LogP contribution in [0.3, 0.4) is 0 Å². The molecule has 0 saturated carbocycles. The normalized spacial score (nSPS) is 22.2. The third-order valence-electron chi connectivity index (χ3n) is 5.73. The fourth-order valence-electron chi connectivity index (χ4n) is 4.10. The summed E-state index contributed by atoms with van der Waals surface area (Å²) >= 11 is 5.94. The Kier molecular flexibility index (Phi) is 5.65. The lowest BCUT2D eigenvalue weighted by Crippen LogP contribution is -2.33. The maximum absolute atomic E-state index is 13.2. The zero-order valence-electron chi connectivity index (χ0n) is 15.4. The fraction of sp³-hybridized carbons (Fsp3) is 0.409. The van der Waals surface area contributed by atoms with Crippen LogP contribution >= 0.6 is 11.6 Å². The molecule has 1 amide bonds. The summed E-state index contributed by atoms with van der Waals surface area (Å²) in [6, 6.07) is 15.1. The summed E-state index contributed by atoms with van der Waals surface area (Å²) in [6.45, 7) is 4.25. The Morgan fingerprint density at radius 3 is 2.41 bits per heavy atom. The van der Waals surface area contributed by atoms with Gasteiger partial charge in [0.05, 0.1) is 5.56 Å². The van der Waals surface area contributed by atoms with Gasteiger partial charge >= 0.3 is 0 Å². The third-order valence-corrected chi connectivity index (χ3v) is 5.98. The van der Waals surface area contributed by atoms with Gasteiger partial charge in [-0.15, -0.1) is 0 Å². The smallest absolute Gasteiger partial charge is 0.257 e. The maximum Gasteiger partial charge on any atom is 0.257 e. The standard InChI is InChI=1S/C22H25ClN2O2/c23-19-7-5-16(6-8-19)15-27-21-4-2-1-3-20(21)22(26)25-11-9-17-13-24-14-18(17)10-12-25/h1-8,17-18,24H,9-15H2/t17-,18+. The molecular formula is C22H25ClN2O2. The topological polar surface area (TPSA) is 41.6 Å². The lowest BCUT2D eigenvalue weighted by molar-refractivity contribution is 0.0753. The van der Waals surface area contributed by atoms with Gasteiger partial charge in [0.15, 0.2) is 0 Å². The summed E-state index contributed by atoms with van der Waals surface area (Å²) in [6.07, 6.45) is 2.16. The highest BCUT2D eigenvalue weighted by Gasteiger charge is 2.32. The summed E-state index contributed by atoms with van der Waals surface area (Å²) in [5.74, 6) is 2.14. The van der Waals surface area contributed by atoms with Gasteiger partial charge in [-0.05, 0) is 67.6 Å². The highest BCUT2D eigenvalue weighted by molar-refractivity contribution is 6.30. The van der Waals surface area contributed by atoms with Crippen LogP contribution in [-0.4, -0.2) is 37.0 Å². The van der Waals surface area contributed by atoms with Crippen molar-refractivity contribution in [1.29, 1.82) is 0 Å². The van der Waals surface area contributed by atoms with E-state index in [1.165, 1.54) is 0 Å². The molecule has 2 fully saturated rings. The number of likely N-dealkylation sites (tertiary alicyclic amines) is 1. The van der Waals surface area contributed by atoms with Gasteiger partial charge in [0.25, 0.3) is 5.91 Å². The van der Waals surface area contributed by atoms with Crippen molar-refractivity contribution in [3.8, 4) is 5.75 Å². The number of rotatable bonds is 4. The summed E-state index contributed by atoms with van der Waals surface area (Å²) in [5.41, 5.74) is 1.67. The van der Waals surface area contributed by atoms with Crippen LogP contribution in [-0.2, 0) is 6.61 Å². The Morgan fingerprint density at radius 1 is 1.04 bits per heavy atom. The van der Waals surface area contributed by atoms with Crippen molar-refractivity contribution in [2.45, 2.75) is 19.4 Å². The van der Waals surface area contributed by atoms with E-state index in [4.69, 9.17) is 16.3 Å². The average Bonchev–Trinajstić information content (AvgIpc) is 3.05. The van der Waals surface area contributed by atoms with Crippen LogP contribution < -0.4 is 10.1 Å². The van der Waals surface area contributed by atoms with Crippen molar-refractivity contribution < 1.29 is 9.53 Å². The van der Waals surface area contributed by atoms with E-state index in [9.17, 15) is 4.79 Å². The van der Waals surface area contributed by atoms with Gasteiger partial charge in [0.2, 0.25) is 0 Å². The second-order valence-electron chi connectivity index (χ2n) is 7.46. The van der Waals surface area contributed by atoms with Gasteiger partial charge in [-0.1, -0.05) is 35.9 Å². The van der Waals surface area contributed by atoms with Crippen LogP contribution in [0, 0.1) is 11.8 Å². The number of benzene rings is 2. The van der Waals surface area contributed by atoms with Crippen LogP contribution in [0.15, 0.2) is 48.5 Å². The number of amides is 1. The summed E-state index contributed by atoms with van der Waals surface area (Å²) in [4.78, 5) is 15.2. The van der Waals surface area contributed by atoms with Gasteiger partial charge in [-0.25, -0.2) is 0 Å². The zero-order valence-corrected chi connectivity index (χ0v) is 16.1. The van der Waals surface area contributed by atoms with Gasteiger partial charge in [0, 0.05) is 18.1 Å². The second-order valence-corrected chi connectivity index (χ2v) is 7.90. The van der Waals surface area contributed by atoms with E-state index >= 15 is 0 Å². The maximum atomic E-state index is 13.2. The van der Waals surface area contributed by atoms with Crippen molar-refractivity contribution in [2.75, 3.05) is 26.2 Å². The zero-order chi connectivity index (χ0) is 18.6. The van der Waals surface area contributed by atoms with E-state index < -0.39 is 0 Å². The number of carbonyl (C=O) groups excluding carboxylic acids is 1. The molecule has 4 rings (SSSR count). The van der Waals surface area contributed by atoms with Crippen LogP contribution in [0.25, 0.3) is 0 Å². The van der Waals surface area contributed by atoms with Crippen LogP contribution in [0.4, 0.5) is 0 Å². The highest BCUT2D eigenvalue weighted by Crippen LogP contribution is 2.29. The third kappa shape index (κ3) is 4.28. The minimum absolute atomic E-state index is 0.0784. The molecule has 1 N–H and O–H groups in total. The number of hydrogen-bond acceptors (Lipinski definition) is 3. The van der Waals surface area contributed by atoms with Gasteiger partial charge in [-0.2, -0.15) is 0 Å². The number of para-hydroxylation sites is 1. The molecule has 0 aliphatic carbocycles. The largest absolute Gasteiger partial charge is 0.488 e. The van der Waals surface area contributed by atoms with E-state index in [1.807, 2.05) is 53.4 Å². The highest BCUT2D eigenvalue weighted by atomic mass is 35.5. The quantitative estimate of drug-likeness (QED) is 0.866. The van der Waals surface area contributed by atoms with Crippen LogP contribution in [0.5, 0.6) is 5.75 Å². The molecule has 27 heavy (non-hydrogen) atoms. The molecule has 2 atom stereocenters. The van der Waals surface area contributed by atoms with E-state index in [-0.39, 0.29) is 5.91 Å². The first-order valence-electron chi connectivity index (χ1n) is 9.67. The molecule has 5 heteroatoms. The molecule has 2 aliphatic heterocycles. The fourth-order valence-corrected chi connectivity index (χ4v) is 4.23. The number of nitrogens with zero attached hydrogens (tertiary/aromatic N) is 1. The number of fused-ring (bicyclic) bond motifs is 1. The molecule has 2 heterocycles. The first-order chi connectivity index (χ1) is 13.2. The molecule has 2 saturated heterocycles. The number of hydrogen-bond donors (Lipinski definition) is 1. The molecule has 2 aromatic carbocycles. The predicted octanol–water partition coefficient (Wildman–Crippen LogP) is 3.99. The van der Waals surface area contributed by atoms with Crippen molar-refractivity contribution in [2.24, 2.45) is 11.8 Å². The molecule has 2 aliphatic rings. The van der Waals surface area contributed by atoms with E-state index in [0.717, 1.165) is 44.6 Å². The molecule has 0 spiro atoms. The summed E-state index contributed by atoms with van der Waals surface area (Å²) in [5, 5.41) is 4.19. The van der Waals surface area contributed by atoms with E-state index in [0.29, 0.717) is 34.8 Å². The lowest BCUT2D eigenvalue weighted by atomic mass is 9.92. The minimum atomic E-state index is 0.0784. The number of nitrogens with one attached hydrogen (secondary N) is 1. The molecule has 0 aromatic heterocycles. The monoisotopic (exact) mass is 384 g/mol. The molecule has 0 bridgehead atoms. The Balaban J connectivity index is 1.45. The van der Waals surface area contributed by atoms with Crippen molar-refractivity contribution in [3.63, 3.8) is 0 Å². The number of halogens is 1. The van der Waals surface area contributed by atoms with Crippen molar-refractivity contribution in [3.05, 3.63) is 64.7 Å². The molecular weight excluding hydrogens is 360 g/mol. The number of ether oxygens (including phenoxy) is 1. The molecule has 142 valence electrons. The minimum Gasteiger partial charge on any atom is -0.488 e. The van der Waals surface area contributed by atoms with Gasteiger partial charge in [-0.3, -0.25) is 4.79 Å². The van der Waals surface area contributed by atoms with Gasteiger partial charge in [0.1, 0.15) is 12.4 Å². The second kappa shape index (κ2) is 8.32. The van der Waals surface area contributed by atoms with E-state index in [2.05, 4.69) is 5.32 Å². The molecule has 4 nitrogen and oxygen atoms in total. The van der Waals surface area contributed by atoms with Crippen LogP contribution in [0.1, 0.15) is 28.8 Å². The molecule has 0 unspecified atom stereocenters. The molecule has 2 aromatic rings. The van der Waals surface area contributed by atoms with E-state index in [1.54, 1.807) is 0 Å². The lowest BCUT2D eigenvalue weighted by Gasteiger charge is -2.22. The first-order valence-corrected chi connectivity index (χ1v) is 10.0. The number of carbonyl (C=O) groups is 1. The average molecular weight is 385 g/mol. The predicted molar refractivity (Wildman–Crippen MR) is 107 cm³/mol. The Hall–Kier alpha value is -2.04. The molecule has 0 radical (unpaired) electrons. The Labute approximate surface area is 165 Å². The summed E-state index contributed by atoms with van der Waals surface area (Å²) in [7, 11) is 0. The Bertz CT molecular complexity index is 779. The first kappa shape index (κ1) is 18.3. The Morgan fingerprint density at radius 2 is 1.70 bits per heavy atom. The van der Waals surface area contributed by atoms with Crippen molar-refractivity contribution >= 4 is 17.5 Å². The van der Waals surface area contributed by atoms with Crippen molar-refractivity contribution in [1.82, 2.24) is 10.2 Å². The van der Waals surface area contributed by atoms with Crippen LogP contribution in [0.2, 0.25) is 5.02 Å².